The lowest BCUT2D eigenvalue weighted by molar-refractivity contribution is 0.361. The van der Waals surface area contributed by atoms with Gasteiger partial charge in [-0.25, -0.2) is 0 Å². The van der Waals surface area contributed by atoms with Crippen molar-refractivity contribution in [1.29, 1.82) is 0 Å². The summed E-state index contributed by atoms with van der Waals surface area (Å²) in [7, 11) is 0. The van der Waals surface area contributed by atoms with Crippen LogP contribution in [0.15, 0.2) is 29.3 Å². The molecule has 0 unspecified atom stereocenters. The topological polar surface area (TPSA) is 32.6 Å². The Morgan fingerprint density at radius 2 is 2.00 bits per heavy atom. The Bertz CT molecular complexity index is 256. The van der Waals surface area contributed by atoms with E-state index in [0.717, 1.165) is 10.6 Å². The molecule has 1 aromatic carbocycles. The van der Waals surface area contributed by atoms with Crippen molar-refractivity contribution >= 4 is 17.8 Å². The van der Waals surface area contributed by atoms with Crippen LogP contribution in [-0.2, 0) is 6.54 Å². The largest absolute Gasteiger partial charge is 0.391 e. The number of rotatable bonds is 3. The number of hydrogen-bond donors (Lipinski definition) is 1. The zero-order valence-corrected chi connectivity index (χ0v) is 7.33. The van der Waals surface area contributed by atoms with Gasteiger partial charge in [0.15, 0.2) is 0 Å². The van der Waals surface area contributed by atoms with Crippen LogP contribution in [-0.4, -0.2) is 17.9 Å². The van der Waals surface area contributed by atoms with Crippen molar-refractivity contribution in [3.05, 3.63) is 34.9 Å². The lowest BCUT2D eigenvalue weighted by Gasteiger charge is -1.95. The molecule has 0 amide bonds. The molecular formula is C9H10ClNO. The fourth-order valence-corrected chi connectivity index (χ4v) is 0.943. The van der Waals surface area contributed by atoms with Crippen LogP contribution in [0, 0.1) is 0 Å². The zero-order valence-electron chi connectivity index (χ0n) is 6.57. The van der Waals surface area contributed by atoms with Crippen molar-refractivity contribution in [1.82, 2.24) is 0 Å². The van der Waals surface area contributed by atoms with Gasteiger partial charge in [0.25, 0.3) is 0 Å². The van der Waals surface area contributed by atoms with E-state index in [2.05, 4.69) is 4.99 Å². The number of benzene rings is 1. The Balaban J connectivity index is 2.53. The van der Waals surface area contributed by atoms with Crippen LogP contribution in [0.1, 0.15) is 5.56 Å². The Kier molecular flexibility index (Phi) is 3.77. The third kappa shape index (κ3) is 3.03. The zero-order chi connectivity index (χ0) is 8.81. The number of aliphatic hydroxyl groups excluding tert-OH is 1. The van der Waals surface area contributed by atoms with Crippen molar-refractivity contribution in [2.24, 2.45) is 4.99 Å². The van der Waals surface area contributed by atoms with Crippen molar-refractivity contribution in [2.75, 3.05) is 6.61 Å². The van der Waals surface area contributed by atoms with Crippen LogP contribution in [0.3, 0.4) is 0 Å². The van der Waals surface area contributed by atoms with Crippen LogP contribution < -0.4 is 0 Å². The van der Waals surface area contributed by atoms with E-state index in [1.807, 2.05) is 24.3 Å². The fourth-order valence-electron chi connectivity index (χ4n) is 0.818. The van der Waals surface area contributed by atoms with E-state index in [9.17, 15) is 0 Å². The number of aliphatic imine (C=N–C) groups is 1. The second kappa shape index (κ2) is 4.91. The summed E-state index contributed by atoms with van der Waals surface area (Å²) in [6.07, 6.45) is 1.48. The maximum absolute atomic E-state index is 8.42. The molecule has 0 aliphatic heterocycles. The van der Waals surface area contributed by atoms with E-state index in [1.165, 1.54) is 6.21 Å². The van der Waals surface area contributed by atoms with E-state index in [4.69, 9.17) is 16.7 Å². The first kappa shape index (κ1) is 9.23. The van der Waals surface area contributed by atoms with Crippen LogP contribution in [0.4, 0.5) is 0 Å². The van der Waals surface area contributed by atoms with Gasteiger partial charge in [-0.1, -0.05) is 23.7 Å². The highest BCUT2D eigenvalue weighted by Gasteiger charge is 1.89. The Morgan fingerprint density at radius 3 is 2.58 bits per heavy atom. The van der Waals surface area contributed by atoms with E-state index in [0.29, 0.717) is 6.54 Å². The highest BCUT2D eigenvalue weighted by Crippen LogP contribution is 2.09. The molecule has 0 saturated carbocycles. The number of nitrogens with zero attached hydrogens (tertiary/aromatic N) is 1. The van der Waals surface area contributed by atoms with Gasteiger partial charge in [-0.2, -0.15) is 0 Å². The van der Waals surface area contributed by atoms with Crippen LogP contribution in [0.25, 0.3) is 0 Å². The highest BCUT2D eigenvalue weighted by molar-refractivity contribution is 6.30. The number of aliphatic hydroxyl groups is 1. The summed E-state index contributed by atoms with van der Waals surface area (Å²) in [5, 5.41) is 9.14. The molecule has 0 heterocycles. The Morgan fingerprint density at radius 1 is 1.33 bits per heavy atom. The normalized spacial score (nSPS) is 10.8. The molecule has 0 radical (unpaired) electrons. The van der Waals surface area contributed by atoms with Gasteiger partial charge in [0.2, 0.25) is 0 Å². The maximum Gasteiger partial charge on any atom is 0.0779 e. The molecule has 0 atom stereocenters. The van der Waals surface area contributed by atoms with E-state index < -0.39 is 0 Å². The maximum atomic E-state index is 8.42. The summed E-state index contributed by atoms with van der Waals surface area (Å²) in [5.74, 6) is 0. The smallest absolute Gasteiger partial charge is 0.0779 e. The minimum absolute atomic E-state index is 0.00636. The van der Waals surface area contributed by atoms with E-state index in [1.54, 1.807) is 0 Å². The van der Waals surface area contributed by atoms with Gasteiger partial charge < -0.3 is 5.11 Å². The second-order valence-corrected chi connectivity index (χ2v) is 2.77. The molecule has 1 N–H and O–H groups in total. The van der Waals surface area contributed by atoms with Gasteiger partial charge in [-0.05, 0) is 17.7 Å². The summed E-state index contributed by atoms with van der Waals surface area (Å²) in [4.78, 5) is 3.97. The lowest BCUT2D eigenvalue weighted by atomic mass is 10.2. The van der Waals surface area contributed by atoms with Gasteiger partial charge in [0, 0.05) is 11.2 Å². The third-order valence-corrected chi connectivity index (χ3v) is 1.65. The monoisotopic (exact) mass is 183 g/mol. The third-order valence-electron chi connectivity index (χ3n) is 1.40. The molecule has 0 aliphatic rings. The first-order valence-corrected chi connectivity index (χ1v) is 4.04. The molecule has 3 heteroatoms. The minimum atomic E-state index is -0.00636. The summed E-state index contributed by atoms with van der Waals surface area (Å²) < 4.78 is 0. The van der Waals surface area contributed by atoms with E-state index >= 15 is 0 Å². The Hall–Kier alpha value is -0.860. The molecule has 0 fully saturated rings. The highest BCUT2D eigenvalue weighted by atomic mass is 35.5. The number of halogens is 1. The molecule has 2 nitrogen and oxygen atoms in total. The average molecular weight is 184 g/mol. The first-order valence-electron chi connectivity index (χ1n) is 3.66. The summed E-state index contributed by atoms with van der Waals surface area (Å²) in [6, 6.07) is 7.48. The van der Waals surface area contributed by atoms with Crippen molar-refractivity contribution in [3.63, 3.8) is 0 Å². The van der Waals surface area contributed by atoms with Gasteiger partial charge in [-0.15, -0.1) is 0 Å². The SMILES string of the molecule is OCC=NCc1ccc(Cl)cc1. The fraction of sp³-hybridized carbons (Fsp3) is 0.222. The van der Waals surface area contributed by atoms with Crippen LogP contribution in [0.2, 0.25) is 5.02 Å². The summed E-state index contributed by atoms with van der Waals surface area (Å²) in [6.45, 7) is 0.589. The van der Waals surface area contributed by atoms with Gasteiger partial charge >= 0.3 is 0 Å². The van der Waals surface area contributed by atoms with Gasteiger partial charge in [0.1, 0.15) is 0 Å². The molecule has 64 valence electrons. The summed E-state index contributed by atoms with van der Waals surface area (Å²) in [5.41, 5.74) is 1.09. The standard InChI is InChI=1S/C9H10ClNO/c10-9-3-1-8(2-4-9)7-11-5-6-12/h1-5,12H,6-7H2. The predicted octanol–water partition coefficient (Wildman–Crippen LogP) is 1.90. The van der Waals surface area contributed by atoms with Crippen molar-refractivity contribution < 1.29 is 5.11 Å². The number of hydrogen-bond acceptors (Lipinski definition) is 2. The van der Waals surface area contributed by atoms with Gasteiger partial charge in [-0.3, -0.25) is 4.99 Å². The molecule has 0 aromatic heterocycles. The molecule has 0 aliphatic carbocycles. The molecule has 0 spiro atoms. The first-order chi connectivity index (χ1) is 5.83. The van der Waals surface area contributed by atoms with E-state index in [-0.39, 0.29) is 6.61 Å². The molecular weight excluding hydrogens is 174 g/mol. The van der Waals surface area contributed by atoms with Gasteiger partial charge in [0.05, 0.1) is 13.2 Å². The van der Waals surface area contributed by atoms with Crippen molar-refractivity contribution in [3.8, 4) is 0 Å². The molecule has 12 heavy (non-hydrogen) atoms. The molecule has 0 saturated heterocycles. The minimum Gasteiger partial charge on any atom is -0.391 e. The van der Waals surface area contributed by atoms with Crippen molar-refractivity contribution in [2.45, 2.75) is 6.54 Å². The van der Waals surface area contributed by atoms with Crippen LogP contribution in [0.5, 0.6) is 0 Å². The quantitative estimate of drug-likeness (QED) is 0.714. The molecule has 0 bridgehead atoms. The Labute approximate surface area is 76.5 Å². The summed E-state index contributed by atoms with van der Waals surface area (Å²) >= 11 is 5.69. The predicted molar refractivity (Wildman–Crippen MR) is 50.7 cm³/mol. The molecule has 1 rings (SSSR count). The van der Waals surface area contributed by atoms with Crippen LogP contribution >= 0.6 is 11.6 Å². The molecule has 1 aromatic rings. The second-order valence-electron chi connectivity index (χ2n) is 2.33. The average Bonchev–Trinajstić information content (AvgIpc) is 2.09. The lowest BCUT2D eigenvalue weighted by Crippen LogP contribution is -1.85.